The lowest BCUT2D eigenvalue weighted by Crippen LogP contribution is -2.35. The quantitative estimate of drug-likeness (QED) is 0.406. The average molecular weight is 367 g/mol. The molecule has 0 aliphatic rings. The maximum absolute atomic E-state index is 12.1. The number of nitrogens with one attached hydrogen (secondary N) is 2. The van der Waals surface area contributed by atoms with Gasteiger partial charge in [-0.25, -0.2) is 5.43 Å². The van der Waals surface area contributed by atoms with Crippen LogP contribution in [-0.4, -0.2) is 31.2 Å². The van der Waals surface area contributed by atoms with Crippen molar-refractivity contribution >= 4 is 18.0 Å². The van der Waals surface area contributed by atoms with Crippen molar-refractivity contribution in [1.82, 2.24) is 10.7 Å². The summed E-state index contributed by atoms with van der Waals surface area (Å²) in [6.07, 6.45) is 3.66. The molecule has 0 saturated heterocycles. The molecule has 6 nitrogen and oxygen atoms in total. The van der Waals surface area contributed by atoms with Crippen LogP contribution in [0.2, 0.25) is 0 Å². The standard InChI is InChI=1S/C21H25N3O3/c1-3-4-13-27-18-11-9-17(10-12-18)14-23-24-20(25)15-22-21(26)19-8-6-5-7-16(19)2/h5-12,14H,3-4,13,15H2,1-2H3,(H,22,26)(H,24,25)/b23-14+. The molecular weight excluding hydrogens is 342 g/mol. The third kappa shape index (κ3) is 6.93. The molecule has 0 aliphatic heterocycles. The molecule has 0 atom stereocenters. The summed E-state index contributed by atoms with van der Waals surface area (Å²) in [4.78, 5) is 23.8. The largest absolute Gasteiger partial charge is 0.494 e. The Hall–Kier alpha value is -3.15. The SMILES string of the molecule is CCCCOc1ccc(/C=N/NC(=O)CNC(=O)c2ccccc2C)cc1. The summed E-state index contributed by atoms with van der Waals surface area (Å²) in [5.41, 5.74) is 4.64. The van der Waals surface area contributed by atoms with E-state index >= 15 is 0 Å². The number of rotatable bonds is 9. The Morgan fingerprint density at radius 2 is 1.85 bits per heavy atom. The molecule has 142 valence electrons. The molecule has 2 N–H and O–H groups in total. The number of nitrogens with zero attached hydrogens (tertiary/aromatic N) is 1. The molecule has 0 fully saturated rings. The number of unbranched alkanes of at least 4 members (excludes halogenated alkanes) is 1. The molecule has 0 saturated carbocycles. The zero-order valence-corrected chi connectivity index (χ0v) is 15.7. The number of ether oxygens (including phenoxy) is 1. The number of carbonyl (C=O) groups is 2. The highest BCUT2D eigenvalue weighted by atomic mass is 16.5. The molecule has 6 heteroatoms. The molecule has 2 aromatic rings. The first-order valence-corrected chi connectivity index (χ1v) is 8.98. The Morgan fingerprint density at radius 3 is 2.56 bits per heavy atom. The van der Waals surface area contributed by atoms with Crippen molar-refractivity contribution in [2.24, 2.45) is 5.10 Å². The molecule has 2 rings (SSSR count). The molecule has 0 unspecified atom stereocenters. The lowest BCUT2D eigenvalue weighted by Gasteiger charge is -2.06. The highest BCUT2D eigenvalue weighted by Crippen LogP contribution is 2.11. The topological polar surface area (TPSA) is 79.8 Å². The molecule has 0 bridgehead atoms. The second-order valence-corrected chi connectivity index (χ2v) is 6.06. The van der Waals surface area contributed by atoms with Gasteiger partial charge in [0.05, 0.1) is 19.4 Å². The third-order valence-electron chi connectivity index (χ3n) is 3.85. The van der Waals surface area contributed by atoms with Gasteiger partial charge in [-0.15, -0.1) is 0 Å². The Kier molecular flexibility index (Phi) is 8.03. The minimum Gasteiger partial charge on any atom is -0.494 e. The third-order valence-corrected chi connectivity index (χ3v) is 3.85. The van der Waals surface area contributed by atoms with Gasteiger partial charge in [-0.05, 0) is 54.8 Å². The van der Waals surface area contributed by atoms with Gasteiger partial charge in [0, 0.05) is 5.56 Å². The summed E-state index contributed by atoms with van der Waals surface area (Å²) >= 11 is 0. The van der Waals surface area contributed by atoms with Crippen LogP contribution < -0.4 is 15.5 Å². The van der Waals surface area contributed by atoms with Crippen LogP contribution in [0.3, 0.4) is 0 Å². The monoisotopic (exact) mass is 367 g/mol. The maximum Gasteiger partial charge on any atom is 0.259 e. The molecule has 0 aromatic heterocycles. The minimum atomic E-state index is -0.396. The molecule has 0 heterocycles. The summed E-state index contributed by atoms with van der Waals surface area (Å²) in [5.74, 6) is 0.127. The van der Waals surface area contributed by atoms with Crippen LogP contribution in [0.25, 0.3) is 0 Å². The maximum atomic E-state index is 12.1. The summed E-state index contributed by atoms with van der Waals surface area (Å²) in [7, 11) is 0. The number of amides is 2. The van der Waals surface area contributed by atoms with Crippen molar-refractivity contribution in [1.29, 1.82) is 0 Å². The van der Waals surface area contributed by atoms with Crippen LogP contribution in [0, 0.1) is 6.92 Å². The van der Waals surface area contributed by atoms with E-state index in [1.165, 1.54) is 6.21 Å². The van der Waals surface area contributed by atoms with E-state index in [0.29, 0.717) is 12.2 Å². The van der Waals surface area contributed by atoms with Gasteiger partial charge in [0.25, 0.3) is 11.8 Å². The normalized spacial score (nSPS) is 10.6. The van der Waals surface area contributed by atoms with Crippen LogP contribution in [0.5, 0.6) is 5.75 Å². The van der Waals surface area contributed by atoms with Crippen LogP contribution >= 0.6 is 0 Å². The summed E-state index contributed by atoms with van der Waals surface area (Å²) in [6.45, 7) is 4.52. The Labute approximate surface area is 159 Å². The van der Waals surface area contributed by atoms with Crippen LogP contribution in [0.1, 0.15) is 41.3 Å². The van der Waals surface area contributed by atoms with Crippen molar-refractivity contribution in [2.45, 2.75) is 26.7 Å². The average Bonchev–Trinajstić information content (AvgIpc) is 2.68. The van der Waals surface area contributed by atoms with E-state index in [2.05, 4.69) is 22.8 Å². The van der Waals surface area contributed by atoms with Gasteiger partial charge in [-0.3, -0.25) is 9.59 Å². The molecular formula is C21H25N3O3. The molecule has 0 radical (unpaired) electrons. The van der Waals surface area contributed by atoms with Crippen LogP contribution in [0.4, 0.5) is 0 Å². The van der Waals surface area contributed by atoms with E-state index in [9.17, 15) is 9.59 Å². The summed E-state index contributed by atoms with van der Waals surface area (Å²) in [6, 6.07) is 14.6. The fraction of sp³-hybridized carbons (Fsp3) is 0.286. The van der Waals surface area contributed by atoms with E-state index in [1.807, 2.05) is 43.3 Å². The molecule has 0 aliphatic carbocycles. The second kappa shape index (κ2) is 10.8. The lowest BCUT2D eigenvalue weighted by atomic mass is 10.1. The molecule has 2 aromatic carbocycles. The summed E-state index contributed by atoms with van der Waals surface area (Å²) < 4.78 is 5.59. The van der Waals surface area contributed by atoms with Gasteiger partial charge in [0.2, 0.25) is 0 Å². The van der Waals surface area contributed by atoms with E-state index in [-0.39, 0.29) is 12.5 Å². The van der Waals surface area contributed by atoms with Gasteiger partial charge in [0.15, 0.2) is 0 Å². The van der Waals surface area contributed by atoms with Crippen LogP contribution in [-0.2, 0) is 4.79 Å². The van der Waals surface area contributed by atoms with Gasteiger partial charge in [-0.2, -0.15) is 5.10 Å². The Bertz CT molecular complexity index is 786. The van der Waals surface area contributed by atoms with Gasteiger partial charge in [0.1, 0.15) is 5.75 Å². The van der Waals surface area contributed by atoms with E-state index in [1.54, 1.807) is 12.1 Å². The van der Waals surface area contributed by atoms with Crippen molar-refractivity contribution in [3.8, 4) is 5.75 Å². The van der Waals surface area contributed by atoms with Crippen molar-refractivity contribution in [3.05, 3.63) is 65.2 Å². The predicted molar refractivity (Wildman–Crippen MR) is 106 cm³/mol. The lowest BCUT2D eigenvalue weighted by molar-refractivity contribution is -0.120. The van der Waals surface area contributed by atoms with Gasteiger partial charge in [-0.1, -0.05) is 31.5 Å². The number of hydrazone groups is 1. The van der Waals surface area contributed by atoms with E-state index < -0.39 is 5.91 Å². The molecule has 0 spiro atoms. The Morgan fingerprint density at radius 1 is 1.11 bits per heavy atom. The molecule has 27 heavy (non-hydrogen) atoms. The number of carbonyl (C=O) groups excluding carboxylic acids is 2. The fourth-order valence-corrected chi connectivity index (χ4v) is 2.29. The van der Waals surface area contributed by atoms with Gasteiger partial charge < -0.3 is 10.1 Å². The smallest absolute Gasteiger partial charge is 0.259 e. The van der Waals surface area contributed by atoms with Crippen molar-refractivity contribution in [2.75, 3.05) is 13.2 Å². The van der Waals surface area contributed by atoms with Crippen LogP contribution in [0.15, 0.2) is 53.6 Å². The van der Waals surface area contributed by atoms with E-state index in [4.69, 9.17) is 4.74 Å². The number of hydrogen-bond acceptors (Lipinski definition) is 4. The fourth-order valence-electron chi connectivity index (χ4n) is 2.29. The number of aryl methyl sites for hydroxylation is 1. The highest BCUT2D eigenvalue weighted by molar-refractivity contribution is 5.97. The number of benzene rings is 2. The zero-order valence-electron chi connectivity index (χ0n) is 15.7. The second-order valence-electron chi connectivity index (χ2n) is 6.06. The predicted octanol–water partition coefficient (Wildman–Crippen LogP) is 3.05. The van der Waals surface area contributed by atoms with Crippen molar-refractivity contribution in [3.63, 3.8) is 0 Å². The Balaban J connectivity index is 1.74. The van der Waals surface area contributed by atoms with E-state index in [0.717, 1.165) is 29.7 Å². The van der Waals surface area contributed by atoms with Gasteiger partial charge >= 0.3 is 0 Å². The minimum absolute atomic E-state index is 0.144. The number of hydrogen-bond donors (Lipinski definition) is 2. The van der Waals surface area contributed by atoms with Crippen molar-refractivity contribution < 1.29 is 14.3 Å². The summed E-state index contributed by atoms with van der Waals surface area (Å²) in [5, 5.41) is 6.48. The first-order valence-electron chi connectivity index (χ1n) is 8.98. The first-order chi connectivity index (χ1) is 13.1. The highest BCUT2D eigenvalue weighted by Gasteiger charge is 2.09. The zero-order chi connectivity index (χ0) is 19.5. The molecule has 2 amide bonds. The first kappa shape index (κ1) is 20.2.